The van der Waals surface area contributed by atoms with E-state index in [0.29, 0.717) is 0 Å². The Morgan fingerprint density at radius 1 is 1.06 bits per heavy atom. The van der Waals surface area contributed by atoms with E-state index in [1.54, 1.807) is 6.08 Å². The van der Waals surface area contributed by atoms with Crippen LogP contribution in [0.1, 0.15) is 41.5 Å². The van der Waals surface area contributed by atoms with Crippen LogP contribution >= 0.6 is 0 Å². The standard InChI is InChI=1S/C14H25N.CH5N/c1-8-9-10-12(13(2,3)4)11-15-14(5,6)7;1-2/h8-11,15H,1H2,2-7H3;2H2,1H3/b10-9-,12-11+;. The fourth-order valence-corrected chi connectivity index (χ4v) is 0.981. The second kappa shape index (κ2) is 8.13. The highest BCUT2D eigenvalue weighted by Gasteiger charge is 2.15. The second-order valence-electron chi connectivity index (χ2n) is 5.84. The van der Waals surface area contributed by atoms with Crippen molar-refractivity contribution in [3.8, 4) is 0 Å². The molecule has 17 heavy (non-hydrogen) atoms. The van der Waals surface area contributed by atoms with E-state index >= 15 is 0 Å². The van der Waals surface area contributed by atoms with Gasteiger partial charge >= 0.3 is 0 Å². The molecule has 0 bridgehead atoms. The van der Waals surface area contributed by atoms with Crippen LogP contribution in [-0.4, -0.2) is 12.6 Å². The van der Waals surface area contributed by atoms with Gasteiger partial charge in [-0.15, -0.1) is 0 Å². The van der Waals surface area contributed by atoms with E-state index in [4.69, 9.17) is 0 Å². The lowest BCUT2D eigenvalue weighted by atomic mass is 9.86. The van der Waals surface area contributed by atoms with Crippen molar-refractivity contribution in [2.24, 2.45) is 11.1 Å². The summed E-state index contributed by atoms with van der Waals surface area (Å²) in [6.07, 6.45) is 7.98. The Labute approximate surface area is 108 Å². The van der Waals surface area contributed by atoms with Crippen LogP contribution in [0.4, 0.5) is 0 Å². The van der Waals surface area contributed by atoms with Crippen molar-refractivity contribution in [3.63, 3.8) is 0 Å². The van der Waals surface area contributed by atoms with Crippen molar-refractivity contribution in [3.05, 3.63) is 36.6 Å². The topological polar surface area (TPSA) is 38.0 Å². The minimum absolute atomic E-state index is 0.110. The van der Waals surface area contributed by atoms with Crippen molar-refractivity contribution in [2.75, 3.05) is 7.05 Å². The van der Waals surface area contributed by atoms with Gasteiger partial charge in [-0.25, -0.2) is 0 Å². The minimum Gasteiger partial charge on any atom is -0.386 e. The Kier molecular flexibility index (Phi) is 8.77. The van der Waals surface area contributed by atoms with E-state index in [2.05, 4.69) is 71.4 Å². The molecule has 0 aliphatic rings. The molecule has 0 radical (unpaired) electrons. The summed E-state index contributed by atoms with van der Waals surface area (Å²) in [4.78, 5) is 0. The molecule has 0 aliphatic carbocycles. The molecule has 0 atom stereocenters. The second-order valence-corrected chi connectivity index (χ2v) is 5.84. The molecule has 2 nitrogen and oxygen atoms in total. The lowest BCUT2D eigenvalue weighted by molar-refractivity contribution is 0.470. The van der Waals surface area contributed by atoms with Gasteiger partial charge in [0.25, 0.3) is 0 Å². The summed E-state index contributed by atoms with van der Waals surface area (Å²) in [5, 5.41) is 3.39. The van der Waals surface area contributed by atoms with Gasteiger partial charge in [0.1, 0.15) is 0 Å². The summed E-state index contributed by atoms with van der Waals surface area (Å²) in [5.41, 5.74) is 6.04. The summed E-state index contributed by atoms with van der Waals surface area (Å²) in [6, 6.07) is 0. The Balaban J connectivity index is 0. The number of hydrogen-bond donors (Lipinski definition) is 2. The number of nitrogens with one attached hydrogen (secondary N) is 1. The van der Waals surface area contributed by atoms with Crippen molar-refractivity contribution in [1.82, 2.24) is 5.32 Å². The number of hydrogen-bond acceptors (Lipinski definition) is 2. The van der Waals surface area contributed by atoms with Crippen LogP contribution < -0.4 is 11.1 Å². The highest BCUT2D eigenvalue weighted by atomic mass is 14.9. The Bertz CT molecular complexity index is 260. The van der Waals surface area contributed by atoms with Crippen LogP contribution in [0.25, 0.3) is 0 Å². The van der Waals surface area contributed by atoms with Crippen LogP contribution in [-0.2, 0) is 0 Å². The third-order valence-electron chi connectivity index (χ3n) is 1.94. The largest absolute Gasteiger partial charge is 0.386 e. The third kappa shape index (κ3) is 11.2. The predicted molar refractivity (Wildman–Crippen MR) is 79.9 cm³/mol. The van der Waals surface area contributed by atoms with Crippen molar-refractivity contribution in [1.29, 1.82) is 0 Å². The zero-order chi connectivity index (χ0) is 14.1. The monoisotopic (exact) mass is 238 g/mol. The van der Waals surface area contributed by atoms with Gasteiger partial charge in [-0.2, -0.15) is 0 Å². The zero-order valence-corrected chi connectivity index (χ0v) is 12.6. The molecular weight excluding hydrogens is 208 g/mol. The smallest absolute Gasteiger partial charge is 0.0284 e. The SMILES string of the molecule is C=C/C=C\C(=C/NC(C)(C)C)C(C)(C)C.CN. The average molecular weight is 238 g/mol. The average Bonchev–Trinajstić information content (AvgIpc) is 2.17. The zero-order valence-electron chi connectivity index (χ0n) is 12.6. The van der Waals surface area contributed by atoms with E-state index in [0.717, 1.165) is 0 Å². The number of allylic oxidation sites excluding steroid dienone is 4. The van der Waals surface area contributed by atoms with E-state index in [1.807, 2.05) is 6.08 Å². The van der Waals surface area contributed by atoms with Crippen molar-refractivity contribution in [2.45, 2.75) is 47.1 Å². The normalized spacial score (nSPS) is 13.1. The molecule has 100 valence electrons. The molecule has 0 aromatic rings. The summed E-state index contributed by atoms with van der Waals surface area (Å²) in [6.45, 7) is 16.8. The molecule has 0 rings (SSSR count). The first-order valence-corrected chi connectivity index (χ1v) is 6.02. The summed E-state index contributed by atoms with van der Waals surface area (Å²) < 4.78 is 0. The van der Waals surface area contributed by atoms with Crippen LogP contribution in [0, 0.1) is 5.41 Å². The predicted octanol–water partition coefficient (Wildman–Crippen LogP) is 3.62. The maximum Gasteiger partial charge on any atom is 0.0284 e. The molecule has 0 heterocycles. The highest BCUT2D eigenvalue weighted by Crippen LogP contribution is 2.25. The summed E-state index contributed by atoms with van der Waals surface area (Å²) >= 11 is 0. The molecule has 0 saturated carbocycles. The van der Waals surface area contributed by atoms with Gasteiger partial charge in [0.15, 0.2) is 0 Å². The van der Waals surface area contributed by atoms with Gasteiger partial charge in [0.05, 0.1) is 0 Å². The number of rotatable bonds is 3. The molecule has 0 fully saturated rings. The lowest BCUT2D eigenvalue weighted by Crippen LogP contribution is -2.32. The number of nitrogens with two attached hydrogens (primary N) is 1. The van der Waals surface area contributed by atoms with Gasteiger partial charge in [0, 0.05) is 11.7 Å². The van der Waals surface area contributed by atoms with Crippen LogP contribution in [0.3, 0.4) is 0 Å². The molecule has 0 aliphatic heterocycles. The minimum atomic E-state index is 0.110. The maximum atomic E-state index is 4.50. The molecule has 0 amide bonds. The van der Waals surface area contributed by atoms with Crippen LogP contribution in [0.15, 0.2) is 36.6 Å². The molecule has 0 spiro atoms. The fourth-order valence-electron chi connectivity index (χ4n) is 0.981. The van der Waals surface area contributed by atoms with Gasteiger partial charge in [-0.05, 0) is 38.8 Å². The molecule has 3 N–H and O–H groups in total. The summed E-state index contributed by atoms with van der Waals surface area (Å²) in [5.74, 6) is 0. The van der Waals surface area contributed by atoms with Crippen LogP contribution in [0.2, 0.25) is 0 Å². The van der Waals surface area contributed by atoms with Gasteiger partial charge in [-0.3, -0.25) is 0 Å². The Hall–Kier alpha value is -1.02. The quantitative estimate of drug-likeness (QED) is 0.737. The summed E-state index contributed by atoms with van der Waals surface area (Å²) in [7, 11) is 1.50. The van der Waals surface area contributed by atoms with E-state index < -0.39 is 0 Å². The molecule has 0 aromatic heterocycles. The van der Waals surface area contributed by atoms with Crippen LogP contribution in [0.5, 0.6) is 0 Å². The van der Waals surface area contributed by atoms with Gasteiger partial charge < -0.3 is 11.1 Å². The highest BCUT2D eigenvalue weighted by molar-refractivity contribution is 5.26. The van der Waals surface area contributed by atoms with Crippen molar-refractivity contribution < 1.29 is 0 Å². The molecule has 0 saturated heterocycles. The first kappa shape index (κ1) is 18.3. The maximum absolute atomic E-state index is 4.50. The third-order valence-corrected chi connectivity index (χ3v) is 1.94. The van der Waals surface area contributed by atoms with E-state index in [-0.39, 0.29) is 11.0 Å². The Morgan fingerprint density at radius 3 is 1.82 bits per heavy atom. The van der Waals surface area contributed by atoms with Crippen molar-refractivity contribution >= 4 is 0 Å². The molecule has 0 unspecified atom stereocenters. The van der Waals surface area contributed by atoms with E-state index in [1.165, 1.54) is 12.6 Å². The molecule has 2 heteroatoms. The first-order valence-electron chi connectivity index (χ1n) is 6.02. The molecular formula is C15H30N2. The lowest BCUT2D eigenvalue weighted by Gasteiger charge is -2.24. The van der Waals surface area contributed by atoms with E-state index in [9.17, 15) is 0 Å². The fraction of sp³-hybridized carbons (Fsp3) is 0.600. The van der Waals surface area contributed by atoms with Gasteiger partial charge in [-0.1, -0.05) is 45.6 Å². The Morgan fingerprint density at radius 2 is 1.53 bits per heavy atom. The first-order chi connectivity index (χ1) is 7.67. The molecule has 0 aromatic carbocycles. The van der Waals surface area contributed by atoms with Gasteiger partial charge in [0.2, 0.25) is 0 Å².